The average molecular weight is 436 g/mol. The van der Waals surface area contributed by atoms with Crippen LogP contribution in [0, 0.1) is 0 Å². The van der Waals surface area contributed by atoms with Crippen molar-refractivity contribution in [2.24, 2.45) is 0 Å². The molecule has 8 heteroatoms. The molecule has 0 saturated carbocycles. The van der Waals surface area contributed by atoms with E-state index in [-0.39, 0.29) is 17.7 Å². The molecule has 0 aliphatic heterocycles. The van der Waals surface area contributed by atoms with E-state index in [9.17, 15) is 4.79 Å². The molecule has 1 amide bonds. The smallest absolute Gasteiger partial charge is 0.230 e. The van der Waals surface area contributed by atoms with E-state index < -0.39 is 0 Å². The maximum atomic E-state index is 12.5. The summed E-state index contributed by atoms with van der Waals surface area (Å²) < 4.78 is 2.03. The van der Waals surface area contributed by atoms with Gasteiger partial charge in [0.2, 0.25) is 5.91 Å². The molecule has 6 nitrogen and oxygen atoms in total. The zero-order valence-electron chi connectivity index (χ0n) is 16.4. The third-order valence-electron chi connectivity index (χ3n) is 4.50. The minimum atomic E-state index is -0.0295. The van der Waals surface area contributed by atoms with Crippen molar-refractivity contribution in [1.82, 2.24) is 25.1 Å². The number of amides is 1. The monoisotopic (exact) mass is 435 g/mol. The Kier molecular flexibility index (Phi) is 6.56. The molecule has 3 heterocycles. The number of rotatable bonds is 8. The quantitative estimate of drug-likeness (QED) is 0.415. The summed E-state index contributed by atoms with van der Waals surface area (Å²) in [4.78, 5) is 17.8. The van der Waals surface area contributed by atoms with E-state index >= 15 is 0 Å². The summed E-state index contributed by atoms with van der Waals surface area (Å²) in [5.74, 6) is 0.982. The van der Waals surface area contributed by atoms with Gasteiger partial charge in [0.25, 0.3) is 0 Å². The van der Waals surface area contributed by atoms with E-state index in [1.54, 1.807) is 23.7 Å². The van der Waals surface area contributed by atoms with Crippen LogP contribution >= 0.6 is 23.1 Å². The summed E-state index contributed by atoms with van der Waals surface area (Å²) in [6.45, 7) is 2.61. The summed E-state index contributed by atoms with van der Waals surface area (Å²) in [6.07, 6.45) is 3.51. The molecule has 0 bridgehead atoms. The van der Waals surface area contributed by atoms with Crippen LogP contribution in [-0.2, 0) is 11.3 Å². The normalized spacial score (nSPS) is 11.9. The van der Waals surface area contributed by atoms with Crippen molar-refractivity contribution in [2.45, 2.75) is 24.7 Å². The fourth-order valence-electron chi connectivity index (χ4n) is 3.03. The first-order chi connectivity index (χ1) is 14.7. The van der Waals surface area contributed by atoms with Gasteiger partial charge in [-0.3, -0.25) is 14.3 Å². The number of thiophene rings is 1. The minimum Gasteiger partial charge on any atom is -0.348 e. The molecular weight excluding hydrogens is 414 g/mol. The number of nitrogens with zero attached hydrogens (tertiary/aromatic N) is 4. The number of aromatic nitrogens is 4. The van der Waals surface area contributed by atoms with Gasteiger partial charge in [0.05, 0.1) is 18.3 Å². The predicted molar refractivity (Wildman–Crippen MR) is 120 cm³/mol. The Hall–Kier alpha value is -2.97. The second kappa shape index (κ2) is 9.69. The van der Waals surface area contributed by atoms with Gasteiger partial charge in [-0.15, -0.1) is 21.5 Å². The highest BCUT2D eigenvalue weighted by molar-refractivity contribution is 7.99. The minimum absolute atomic E-state index is 0.00811. The molecule has 0 aliphatic rings. The lowest BCUT2D eigenvalue weighted by molar-refractivity contribution is -0.119. The van der Waals surface area contributed by atoms with Crippen molar-refractivity contribution in [3.05, 3.63) is 82.8 Å². The SMILES string of the molecule is C[C@@H](NC(=O)CSc1nnc(-c2cccnc2)n1Cc1ccccc1)c1cccs1. The van der Waals surface area contributed by atoms with Crippen molar-refractivity contribution >= 4 is 29.0 Å². The number of pyridine rings is 1. The van der Waals surface area contributed by atoms with Gasteiger partial charge in [-0.05, 0) is 36.1 Å². The van der Waals surface area contributed by atoms with Gasteiger partial charge >= 0.3 is 0 Å². The van der Waals surface area contributed by atoms with Crippen molar-refractivity contribution in [3.8, 4) is 11.4 Å². The van der Waals surface area contributed by atoms with E-state index in [2.05, 4.69) is 32.6 Å². The lowest BCUT2D eigenvalue weighted by Gasteiger charge is -2.13. The highest BCUT2D eigenvalue weighted by Gasteiger charge is 2.17. The molecule has 4 aromatic rings. The van der Waals surface area contributed by atoms with Crippen LogP contribution in [0.4, 0.5) is 0 Å². The van der Waals surface area contributed by atoms with E-state index in [1.807, 2.05) is 59.3 Å². The summed E-state index contributed by atoms with van der Waals surface area (Å²) in [5.41, 5.74) is 2.03. The van der Waals surface area contributed by atoms with Crippen molar-refractivity contribution in [2.75, 3.05) is 5.75 Å². The fourth-order valence-corrected chi connectivity index (χ4v) is 4.52. The zero-order chi connectivity index (χ0) is 20.8. The lowest BCUT2D eigenvalue weighted by atomic mass is 10.2. The van der Waals surface area contributed by atoms with Crippen LogP contribution in [0.1, 0.15) is 23.4 Å². The first kappa shape index (κ1) is 20.3. The summed E-state index contributed by atoms with van der Waals surface area (Å²) in [7, 11) is 0. The van der Waals surface area contributed by atoms with Gasteiger partial charge in [0.15, 0.2) is 11.0 Å². The molecule has 0 spiro atoms. The number of hydrogen-bond donors (Lipinski definition) is 1. The molecule has 0 aliphatic carbocycles. The Morgan fingerprint density at radius 2 is 2.00 bits per heavy atom. The van der Waals surface area contributed by atoms with Gasteiger partial charge in [-0.1, -0.05) is 48.2 Å². The largest absolute Gasteiger partial charge is 0.348 e. The van der Waals surface area contributed by atoms with Gasteiger partial charge in [0.1, 0.15) is 0 Å². The number of benzene rings is 1. The first-order valence-electron chi connectivity index (χ1n) is 9.54. The standard InChI is InChI=1S/C22H21N5OS2/c1-16(19-10-6-12-29-19)24-20(28)15-30-22-26-25-21(18-9-5-11-23-13-18)27(22)14-17-7-3-2-4-8-17/h2-13,16H,14-15H2,1H3,(H,24,28)/t16-/m1/s1. The number of hydrogen-bond acceptors (Lipinski definition) is 6. The number of carbonyl (C=O) groups is 1. The number of carbonyl (C=O) groups excluding carboxylic acids is 1. The molecule has 152 valence electrons. The Labute approximate surface area is 183 Å². The fraction of sp³-hybridized carbons (Fsp3) is 0.182. The maximum absolute atomic E-state index is 12.5. The van der Waals surface area contributed by atoms with Crippen LogP contribution in [0.5, 0.6) is 0 Å². The Bertz CT molecular complexity index is 1080. The molecule has 1 atom stereocenters. The van der Waals surface area contributed by atoms with Crippen molar-refractivity contribution in [3.63, 3.8) is 0 Å². The number of nitrogens with one attached hydrogen (secondary N) is 1. The topological polar surface area (TPSA) is 72.7 Å². The molecule has 3 aromatic heterocycles. The Morgan fingerprint density at radius 1 is 1.13 bits per heavy atom. The molecule has 4 rings (SSSR count). The molecule has 0 unspecified atom stereocenters. The van der Waals surface area contributed by atoms with E-state index in [0.29, 0.717) is 11.7 Å². The Balaban J connectivity index is 1.51. The second-order valence-corrected chi connectivity index (χ2v) is 8.63. The van der Waals surface area contributed by atoms with Crippen LogP contribution in [0.2, 0.25) is 0 Å². The first-order valence-corrected chi connectivity index (χ1v) is 11.4. The molecule has 30 heavy (non-hydrogen) atoms. The molecule has 1 N–H and O–H groups in total. The van der Waals surface area contributed by atoms with E-state index in [1.165, 1.54) is 11.8 Å². The second-order valence-electron chi connectivity index (χ2n) is 6.71. The number of thioether (sulfide) groups is 1. The summed E-state index contributed by atoms with van der Waals surface area (Å²) in [6, 6.07) is 18.0. The summed E-state index contributed by atoms with van der Waals surface area (Å²) >= 11 is 3.03. The van der Waals surface area contributed by atoms with Crippen molar-refractivity contribution < 1.29 is 4.79 Å². The van der Waals surface area contributed by atoms with Crippen LogP contribution in [0.15, 0.2) is 77.5 Å². The molecule has 0 radical (unpaired) electrons. The zero-order valence-corrected chi connectivity index (χ0v) is 18.1. The predicted octanol–water partition coefficient (Wildman–Crippen LogP) is 4.42. The van der Waals surface area contributed by atoms with Crippen LogP contribution in [-0.4, -0.2) is 31.4 Å². The maximum Gasteiger partial charge on any atom is 0.230 e. The van der Waals surface area contributed by atoms with E-state index in [4.69, 9.17) is 0 Å². The van der Waals surface area contributed by atoms with Crippen molar-refractivity contribution in [1.29, 1.82) is 0 Å². The van der Waals surface area contributed by atoms with E-state index in [0.717, 1.165) is 21.8 Å². The molecule has 0 saturated heterocycles. The Morgan fingerprint density at radius 3 is 2.73 bits per heavy atom. The van der Waals surface area contributed by atoms with Gasteiger partial charge < -0.3 is 5.32 Å². The average Bonchev–Trinajstić information content (AvgIpc) is 3.44. The van der Waals surface area contributed by atoms with Crippen LogP contribution in [0.25, 0.3) is 11.4 Å². The lowest BCUT2D eigenvalue weighted by Crippen LogP contribution is -2.27. The van der Waals surface area contributed by atoms with Gasteiger partial charge in [-0.25, -0.2) is 0 Å². The molecule has 0 fully saturated rings. The molecular formula is C22H21N5OS2. The van der Waals surface area contributed by atoms with Gasteiger partial charge in [0, 0.05) is 22.8 Å². The summed E-state index contributed by atoms with van der Waals surface area (Å²) in [5, 5.41) is 14.5. The third-order valence-corrected chi connectivity index (χ3v) is 6.52. The third kappa shape index (κ3) is 4.95. The highest BCUT2D eigenvalue weighted by atomic mass is 32.2. The van der Waals surface area contributed by atoms with Crippen LogP contribution in [0.3, 0.4) is 0 Å². The van der Waals surface area contributed by atoms with Gasteiger partial charge in [-0.2, -0.15) is 0 Å². The molecule has 1 aromatic carbocycles. The highest BCUT2D eigenvalue weighted by Crippen LogP contribution is 2.25. The van der Waals surface area contributed by atoms with Crippen LogP contribution < -0.4 is 5.32 Å².